The molecule has 0 unspecified atom stereocenters. The molecule has 5 nitrogen and oxygen atoms in total. The van der Waals surface area contributed by atoms with Gasteiger partial charge in [-0.1, -0.05) is 11.6 Å². The van der Waals surface area contributed by atoms with Crippen molar-refractivity contribution in [2.45, 2.75) is 13.3 Å². The number of amides is 1. The van der Waals surface area contributed by atoms with Crippen molar-refractivity contribution >= 4 is 23.6 Å². The van der Waals surface area contributed by atoms with Gasteiger partial charge in [-0.3, -0.25) is 4.79 Å². The monoisotopic (exact) mass is 340 g/mol. The fraction of sp³-hybridized carbons (Fsp3) is 0.471. The Labute approximate surface area is 143 Å². The number of hydrogen-bond acceptors (Lipinski definition) is 4. The van der Waals surface area contributed by atoms with E-state index in [1.165, 1.54) is 6.08 Å². The summed E-state index contributed by atoms with van der Waals surface area (Å²) in [6, 6.07) is 3.53. The van der Waals surface area contributed by atoms with Crippen molar-refractivity contribution in [3.8, 4) is 11.5 Å². The number of nitrogens with one attached hydrogen (secondary N) is 1. The summed E-state index contributed by atoms with van der Waals surface area (Å²) < 4.78 is 10.7. The maximum Gasteiger partial charge on any atom is 0.243 e. The summed E-state index contributed by atoms with van der Waals surface area (Å²) in [5.74, 6) is 0.931. The zero-order valence-corrected chi connectivity index (χ0v) is 14.9. The third kappa shape index (κ3) is 6.93. The zero-order chi connectivity index (χ0) is 17.2. The molecule has 0 aliphatic carbocycles. The minimum Gasteiger partial charge on any atom is -0.491 e. The molecule has 1 amide bonds. The summed E-state index contributed by atoms with van der Waals surface area (Å²) >= 11 is 6.17. The summed E-state index contributed by atoms with van der Waals surface area (Å²) in [5, 5.41) is 3.29. The zero-order valence-electron chi connectivity index (χ0n) is 14.2. The van der Waals surface area contributed by atoms with Gasteiger partial charge < -0.3 is 19.7 Å². The van der Waals surface area contributed by atoms with Gasteiger partial charge in [0, 0.05) is 12.6 Å². The van der Waals surface area contributed by atoms with Crippen molar-refractivity contribution in [3.05, 3.63) is 28.8 Å². The molecule has 0 atom stereocenters. The second kappa shape index (κ2) is 10.1. The van der Waals surface area contributed by atoms with E-state index in [4.69, 9.17) is 21.1 Å². The van der Waals surface area contributed by atoms with Gasteiger partial charge in [0.05, 0.1) is 18.7 Å². The molecule has 0 aromatic heterocycles. The number of benzene rings is 1. The number of rotatable bonds is 9. The lowest BCUT2D eigenvalue weighted by molar-refractivity contribution is -0.116. The Kier molecular flexibility index (Phi) is 8.51. The Morgan fingerprint density at radius 1 is 1.39 bits per heavy atom. The van der Waals surface area contributed by atoms with E-state index in [2.05, 4.69) is 10.2 Å². The Balaban J connectivity index is 2.66. The smallest absolute Gasteiger partial charge is 0.243 e. The van der Waals surface area contributed by atoms with E-state index < -0.39 is 0 Å². The maximum absolute atomic E-state index is 11.8. The highest BCUT2D eigenvalue weighted by Crippen LogP contribution is 2.36. The van der Waals surface area contributed by atoms with Crippen LogP contribution in [0.3, 0.4) is 0 Å². The lowest BCUT2D eigenvalue weighted by atomic mass is 10.2. The first-order valence-corrected chi connectivity index (χ1v) is 7.96. The van der Waals surface area contributed by atoms with Crippen molar-refractivity contribution in [2.75, 3.05) is 40.9 Å². The number of nitrogens with zero attached hydrogens (tertiary/aromatic N) is 1. The number of halogens is 1. The molecule has 0 saturated carbocycles. The van der Waals surface area contributed by atoms with Crippen LogP contribution in [0.15, 0.2) is 18.2 Å². The summed E-state index contributed by atoms with van der Waals surface area (Å²) in [6.07, 6.45) is 4.11. The van der Waals surface area contributed by atoms with Gasteiger partial charge >= 0.3 is 0 Å². The molecule has 0 bridgehead atoms. The molecule has 1 aromatic carbocycles. The van der Waals surface area contributed by atoms with Gasteiger partial charge in [0.2, 0.25) is 5.91 Å². The molecule has 0 fully saturated rings. The molecule has 0 radical (unpaired) electrons. The molecular weight excluding hydrogens is 316 g/mol. The van der Waals surface area contributed by atoms with Crippen molar-refractivity contribution in [1.82, 2.24) is 10.2 Å². The predicted octanol–water partition coefficient (Wildman–Crippen LogP) is 2.83. The first kappa shape index (κ1) is 19.3. The Morgan fingerprint density at radius 2 is 2.13 bits per heavy atom. The van der Waals surface area contributed by atoms with Gasteiger partial charge in [0.25, 0.3) is 0 Å². The molecule has 0 aliphatic heterocycles. The van der Waals surface area contributed by atoms with Crippen molar-refractivity contribution in [1.29, 1.82) is 0 Å². The molecule has 0 aliphatic rings. The molecule has 0 spiro atoms. The molecule has 1 rings (SSSR count). The number of methoxy groups -OCH3 is 1. The fourth-order valence-electron chi connectivity index (χ4n) is 1.98. The van der Waals surface area contributed by atoms with E-state index >= 15 is 0 Å². The van der Waals surface area contributed by atoms with Crippen molar-refractivity contribution in [2.24, 2.45) is 0 Å². The molecule has 23 heavy (non-hydrogen) atoms. The first-order chi connectivity index (χ1) is 11.0. The van der Waals surface area contributed by atoms with Crippen LogP contribution in [-0.4, -0.2) is 51.7 Å². The highest BCUT2D eigenvalue weighted by atomic mass is 35.5. The topological polar surface area (TPSA) is 50.8 Å². The predicted molar refractivity (Wildman–Crippen MR) is 94.4 cm³/mol. The average molecular weight is 341 g/mol. The van der Waals surface area contributed by atoms with Crippen LogP contribution in [0.2, 0.25) is 5.02 Å². The standard InChI is InChI=1S/C17H25ClN2O3/c1-5-23-15-12-13(11-14(18)17(15)22-4)7-8-16(21)19-9-6-10-20(2)3/h7-8,11-12H,5-6,9-10H2,1-4H3,(H,19,21)/b8-7+. The second-order valence-corrected chi connectivity index (χ2v) is 5.66. The lowest BCUT2D eigenvalue weighted by Gasteiger charge is -2.11. The van der Waals surface area contributed by atoms with Gasteiger partial charge in [-0.05, 0) is 57.8 Å². The Morgan fingerprint density at radius 3 is 2.74 bits per heavy atom. The van der Waals surface area contributed by atoms with Gasteiger partial charge in [-0.2, -0.15) is 0 Å². The maximum atomic E-state index is 11.8. The molecular formula is C17H25ClN2O3. The third-order valence-electron chi connectivity index (χ3n) is 3.04. The minimum absolute atomic E-state index is 0.131. The molecule has 0 heterocycles. The van der Waals surface area contributed by atoms with Crippen LogP contribution < -0.4 is 14.8 Å². The number of ether oxygens (including phenoxy) is 2. The molecule has 6 heteroatoms. The Hall–Kier alpha value is -1.72. The quantitative estimate of drug-likeness (QED) is 0.555. The van der Waals surface area contributed by atoms with Crippen LogP contribution in [-0.2, 0) is 4.79 Å². The minimum atomic E-state index is -0.131. The van der Waals surface area contributed by atoms with Crippen LogP contribution in [0, 0.1) is 0 Å². The van der Waals surface area contributed by atoms with Gasteiger partial charge in [-0.25, -0.2) is 0 Å². The van der Waals surface area contributed by atoms with E-state index in [0.29, 0.717) is 29.7 Å². The highest BCUT2D eigenvalue weighted by Gasteiger charge is 2.10. The van der Waals surface area contributed by atoms with Crippen molar-refractivity contribution in [3.63, 3.8) is 0 Å². The molecule has 1 aromatic rings. The Bertz CT molecular complexity index is 545. The summed E-state index contributed by atoms with van der Waals surface area (Å²) in [5.41, 5.74) is 0.780. The first-order valence-electron chi connectivity index (χ1n) is 7.58. The third-order valence-corrected chi connectivity index (χ3v) is 3.33. The van der Waals surface area contributed by atoms with E-state index in [1.54, 1.807) is 25.3 Å². The van der Waals surface area contributed by atoms with Gasteiger partial charge in [0.1, 0.15) is 0 Å². The number of carbonyl (C=O) groups is 1. The lowest BCUT2D eigenvalue weighted by Crippen LogP contribution is -2.25. The van der Waals surface area contributed by atoms with Gasteiger partial charge in [0.15, 0.2) is 11.5 Å². The summed E-state index contributed by atoms with van der Waals surface area (Å²) in [6.45, 7) is 3.98. The fourth-order valence-corrected chi connectivity index (χ4v) is 2.28. The number of hydrogen-bond donors (Lipinski definition) is 1. The molecule has 1 N–H and O–H groups in total. The van der Waals surface area contributed by atoms with Crippen LogP contribution in [0.4, 0.5) is 0 Å². The van der Waals surface area contributed by atoms with Crippen molar-refractivity contribution < 1.29 is 14.3 Å². The molecule has 0 saturated heterocycles. The van der Waals surface area contributed by atoms with E-state index in [-0.39, 0.29) is 5.91 Å². The second-order valence-electron chi connectivity index (χ2n) is 5.25. The largest absolute Gasteiger partial charge is 0.491 e. The van der Waals surface area contributed by atoms with Gasteiger partial charge in [-0.15, -0.1) is 0 Å². The van der Waals surface area contributed by atoms with Crippen LogP contribution in [0.25, 0.3) is 6.08 Å². The average Bonchev–Trinajstić information content (AvgIpc) is 2.49. The van der Waals surface area contributed by atoms with Crippen LogP contribution >= 0.6 is 11.6 Å². The highest BCUT2D eigenvalue weighted by molar-refractivity contribution is 6.32. The van der Waals surface area contributed by atoms with E-state index in [1.807, 2.05) is 21.0 Å². The summed E-state index contributed by atoms with van der Waals surface area (Å²) in [4.78, 5) is 13.9. The normalized spacial score (nSPS) is 11.0. The van der Waals surface area contributed by atoms with Crippen LogP contribution in [0.5, 0.6) is 11.5 Å². The van der Waals surface area contributed by atoms with E-state index in [9.17, 15) is 4.79 Å². The SMILES string of the molecule is CCOc1cc(/C=C/C(=O)NCCCN(C)C)cc(Cl)c1OC. The molecule has 128 valence electrons. The number of carbonyl (C=O) groups excluding carboxylic acids is 1. The van der Waals surface area contributed by atoms with Crippen LogP contribution in [0.1, 0.15) is 18.9 Å². The van der Waals surface area contributed by atoms with E-state index in [0.717, 1.165) is 18.5 Å². The summed E-state index contributed by atoms with van der Waals surface area (Å²) in [7, 11) is 5.55.